The number of fused-ring (bicyclic) bond motifs is 1. The van der Waals surface area contributed by atoms with Crippen molar-refractivity contribution in [3.63, 3.8) is 0 Å². The van der Waals surface area contributed by atoms with Crippen LogP contribution in [0.3, 0.4) is 0 Å². The molecule has 3 N–H and O–H groups in total. The fourth-order valence-electron chi connectivity index (χ4n) is 3.97. The van der Waals surface area contributed by atoms with Crippen molar-refractivity contribution in [1.82, 2.24) is 19.9 Å². The van der Waals surface area contributed by atoms with Gasteiger partial charge in [0.1, 0.15) is 17.0 Å². The van der Waals surface area contributed by atoms with Crippen LogP contribution in [0.1, 0.15) is 55.5 Å². The van der Waals surface area contributed by atoms with Gasteiger partial charge in [0.2, 0.25) is 5.88 Å². The molecule has 202 valence electrons. The molecule has 4 aromatic heterocycles. The van der Waals surface area contributed by atoms with Crippen molar-refractivity contribution in [1.29, 1.82) is 0 Å². The lowest BCUT2D eigenvalue weighted by atomic mass is 9.76. The summed E-state index contributed by atoms with van der Waals surface area (Å²) >= 11 is 1.07. The van der Waals surface area contributed by atoms with Gasteiger partial charge < -0.3 is 24.7 Å². The Kier molecular flexibility index (Phi) is 6.96. The number of ether oxygens (including phenoxy) is 1. The van der Waals surface area contributed by atoms with Crippen molar-refractivity contribution in [2.24, 2.45) is 7.05 Å². The van der Waals surface area contributed by atoms with Crippen LogP contribution >= 0.6 is 11.3 Å². The number of carbonyl (C=O) groups excluding carboxylic acids is 1. The smallest absolute Gasteiger partial charge is 0.274 e. The molecule has 0 aliphatic heterocycles. The highest BCUT2D eigenvalue weighted by Crippen LogP contribution is 2.51. The molecule has 0 atom stereocenters. The molecule has 0 radical (unpaired) electrons. The first-order chi connectivity index (χ1) is 17.7. The van der Waals surface area contributed by atoms with Gasteiger partial charge in [-0.25, -0.2) is 13.8 Å². The molecule has 11 heteroatoms. The molecule has 4 rings (SSSR count). The van der Waals surface area contributed by atoms with Crippen LogP contribution in [0.4, 0.5) is 8.78 Å². The normalized spacial score (nSPS) is 12.3. The van der Waals surface area contributed by atoms with Gasteiger partial charge in [0, 0.05) is 41.7 Å². The van der Waals surface area contributed by atoms with Crippen molar-refractivity contribution < 1.29 is 23.4 Å². The number of thiophene rings is 1. The lowest BCUT2D eigenvalue weighted by Crippen LogP contribution is -2.42. The zero-order valence-electron chi connectivity index (χ0n) is 22.2. The average molecular weight is 545 g/mol. The lowest BCUT2D eigenvalue weighted by Gasteiger charge is -2.36. The van der Waals surface area contributed by atoms with Crippen LogP contribution in [-0.2, 0) is 12.5 Å². The number of amides is 1. The highest BCUT2D eigenvalue weighted by Gasteiger charge is 2.42. The third-order valence-corrected chi connectivity index (χ3v) is 8.40. The number of H-pyrrole nitrogens is 1. The van der Waals surface area contributed by atoms with E-state index in [9.17, 15) is 19.1 Å². The number of nitrogens with one attached hydrogen (secondary N) is 2. The Bertz CT molecular complexity index is 1610. The van der Waals surface area contributed by atoms with Gasteiger partial charge in [-0.2, -0.15) is 0 Å². The maximum Gasteiger partial charge on any atom is 0.274 e. The van der Waals surface area contributed by atoms with Crippen LogP contribution in [-0.4, -0.2) is 37.7 Å². The first kappa shape index (κ1) is 27.5. The van der Waals surface area contributed by atoms with Crippen molar-refractivity contribution in [2.75, 3.05) is 6.54 Å². The lowest BCUT2D eigenvalue weighted by molar-refractivity contribution is 0.00974. The Balaban J connectivity index is 2.04. The number of aromatic nitrogens is 3. The SMILES string of the molecule is CCNC(=O)c1cc2c(-c3sc(C(C)(C)C(C)(C)O)c(F)c3Oc3ncc(F)cc3C)cn(C)c(=O)c2[nH]1. The zero-order valence-corrected chi connectivity index (χ0v) is 23.1. The summed E-state index contributed by atoms with van der Waals surface area (Å²) < 4.78 is 37.3. The fourth-order valence-corrected chi connectivity index (χ4v) is 5.36. The Hall–Kier alpha value is -3.57. The second kappa shape index (κ2) is 9.63. The summed E-state index contributed by atoms with van der Waals surface area (Å²) in [6.45, 7) is 10.4. The molecule has 0 aromatic carbocycles. The summed E-state index contributed by atoms with van der Waals surface area (Å²) in [5.41, 5.74) is -1.58. The number of nitrogens with zero attached hydrogens (tertiary/aromatic N) is 2. The van der Waals surface area contributed by atoms with Crippen LogP contribution in [0.15, 0.2) is 29.3 Å². The first-order valence-corrected chi connectivity index (χ1v) is 12.8. The van der Waals surface area contributed by atoms with Crippen LogP contribution in [0.5, 0.6) is 11.6 Å². The molecule has 0 aliphatic rings. The molecule has 0 unspecified atom stereocenters. The molecule has 0 fully saturated rings. The van der Waals surface area contributed by atoms with Crippen LogP contribution < -0.4 is 15.6 Å². The van der Waals surface area contributed by atoms with Crippen LogP contribution in [0.2, 0.25) is 0 Å². The Morgan fingerprint density at radius 1 is 1.26 bits per heavy atom. The zero-order chi connectivity index (χ0) is 28.2. The summed E-state index contributed by atoms with van der Waals surface area (Å²) in [6.07, 6.45) is 2.52. The molecule has 0 bridgehead atoms. The van der Waals surface area contributed by atoms with E-state index in [4.69, 9.17) is 4.74 Å². The maximum absolute atomic E-state index is 16.2. The predicted molar refractivity (Wildman–Crippen MR) is 143 cm³/mol. The van der Waals surface area contributed by atoms with E-state index in [1.807, 2.05) is 0 Å². The second-order valence-electron chi connectivity index (χ2n) is 10.3. The van der Waals surface area contributed by atoms with E-state index in [0.29, 0.717) is 27.9 Å². The first-order valence-electron chi connectivity index (χ1n) is 12.0. The van der Waals surface area contributed by atoms with Crippen molar-refractivity contribution in [2.45, 2.75) is 52.6 Å². The van der Waals surface area contributed by atoms with Gasteiger partial charge in [0.05, 0.1) is 21.6 Å². The number of aromatic amines is 1. The highest BCUT2D eigenvalue weighted by atomic mass is 32.1. The van der Waals surface area contributed by atoms with E-state index >= 15 is 4.39 Å². The quantitative estimate of drug-likeness (QED) is 0.298. The van der Waals surface area contributed by atoms with Gasteiger partial charge in [-0.3, -0.25) is 9.59 Å². The summed E-state index contributed by atoms with van der Waals surface area (Å²) in [5.74, 6) is -1.82. The molecule has 1 amide bonds. The van der Waals surface area contributed by atoms with Crippen molar-refractivity contribution in [3.05, 3.63) is 62.6 Å². The minimum Gasteiger partial charge on any atom is -0.434 e. The van der Waals surface area contributed by atoms with Gasteiger partial charge in [0.25, 0.3) is 11.5 Å². The summed E-state index contributed by atoms with van der Waals surface area (Å²) in [7, 11) is 1.55. The Morgan fingerprint density at radius 2 is 1.95 bits per heavy atom. The van der Waals surface area contributed by atoms with E-state index < -0.39 is 22.7 Å². The molecule has 0 spiro atoms. The largest absolute Gasteiger partial charge is 0.434 e. The van der Waals surface area contributed by atoms with Crippen LogP contribution in [0, 0.1) is 18.6 Å². The minimum absolute atomic E-state index is 0.00936. The molecule has 8 nitrogen and oxygen atoms in total. The molecule has 0 aliphatic carbocycles. The number of aliphatic hydroxyl groups is 1. The second-order valence-corrected chi connectivity index (χ2v) is 11.3. The molecule has 4 aromatic rings. The highest BCUT2D eigenvalue weighted by molar-refractivity contribution is 7.16. The van der Waals surface area contributed by atoms with Gasteiger partial charge in [0.15, 0.2) is 11.6 Å². The standard InChI is InChI=1S/C27H30F2N4O4S/c1-8-30-23(34)17-10-15-16(12-33(7)25(35)19(15)32-17)21-20(37-24-13(2)9-14(28)11-31-24)18(29)22(38-21)26(3,4)27(5,6)36/h9-12,32,36H,8H2,1-7H3,(H,30,34). The number of halogens is 2. The van der Waals surface area contributed by atoms with Gasteiger partial charge >= 0.3 is 0 Å². The number of carbonyl (C=O) groups is 1. The monoisotopic (exact) mass is 544 g/mol. The average Bonchev–Trinajstić information content (AvgIpc) is 3.40. The van der Waals surface area contributed by atoms with Crippen LogP contribution in [0.25, 0.3) is 21.3 Å². The number of aryl methyl sites for hydroxylation is 2. The van der Waals surface area contributed by atoms with Gasteiger partial charge in [-0.1, -0.05) is 13.8 Å². The molecule has 4 heterocycles. The minimum atomic E-state index is -1.31. The molecular weight excluding hydrogens is 514 g/mol. The Morgan fingerprint density at radius 3 is 2.55 bits per heavy atom. The van der Waals surface area contributed by atoms with E-state index in [-0.39, 0.29) is 39.2 Å². The predicted octanol–water partition coefficient (Wildman–Crippen LogP) is 5.17. The third kappa shape index (κ3) is 4.60. The van der Waals surface area contributed by atoms with E-state index in [1.165, 1.54) is 10.6 Å². The number of rotatable bonds is 7. The molecule has 0 saturated heterocycles. The molecule has 0 saturated carbocycles. The maximum atomic E-state index is 16.2. The van der Waals surface area contributed by atoms with E-state index in [0.717, 1.165) is 17.5 Å². The number of pyridine rings is 2. The molecule has 38 heavy (non-hydrogen) atoms. The van der Waals surface area contributed by atoms with E-state index in [2.05, 4.69) is 15.3 Å². The summed E-state index contributed by atoms with van der Waals surface area (Å²) in [5, 5.41) is 14.0. The van der Waals surface area contributed by atoms with Gasteiger partial charge in [-0.15, -0.1) is 11.3 Å². The van der Waals surface area contributed by atoms with Crippen molar-refractivity contribution in [3.8, 4) is 22.1 Å². The Labute approximate surface area is 222 Å². The summed E-state index contributed by atoms with van der Waals surface area (Å²) in [4.78, 5) is 32.9. The van der Waals surface area contributed by atoms with Gasteiger partial charge in [-0.05, 0) is 39.8 Å². The van der Waals surface area contributed by atoms with Crippen molar-refractivity contribution >= 4 is 28.1 Å². The topological polar surface area (TPSA) is 109 Å². The third-order valence-electron chi connectivity index (χ3n) is 6.89. The number of hydrogen-bond donors (Lipinski definition) is 3. The van der Waals surface area contributed by atoms with E-state index in [1.54, 1.807) is 60.9 Å². The fraction of sp³-hybridized carbons (Fsp3) is 0.370. The number of hydrogen-bond acceptors (Lipinski definition) is 6. The molecular formula is C27H30F2N4O4S. The summed E-state index contributed by atoms with van der Waals surface area (Å²) in [6, 6.07) is 2.77.